The molecule has 5 nitrogen and oxygen atoms in total. The van der Waals surface area contributed by atoms with Crippen molar-refractivity contribution in [2.24, 2.45) is 5.73 Å². The standard InChI is InChI=1S/C19H20N4O/c20-19(24)17-5-1-3-15-12-23(22-18(15)17)16-8-6-13(7-9-16)14-4-2-10-21-11-14/h1,3,5-9,12,14,21H,2,4,10-11H2,(H2,20,24)/i11D2. The Morgan fingerprint density at radius 2 is 2.12 bits per heavy atom. The molecule has 1 unspecified atom stereocenters. The molecular weight excluding hydrogens is 300 g/mol. The van der Waals surface area contributed by atoms with Crippen LogP contribution >= 0.6 is 0 Å². The maximum absolute atomic E-state index is 11.6. The van der Waals surface area contributed by atoms with Crippen LogP contribution in [0.2, 0.25) is 0 Å². The average molecular weight is 322 g/mol. The zero-order valence-corrected chi connectivity index (χ0v) is 13.2. The zero-order valence-electron chi connectivity index (χ0n) is 15.2. The summed E-state index contributed by atoms with van der Waals surface area (Å²) in [6, 6.07) is 13.1. The first kappa shape index (κ1) is 12.7. The maximum Gasteiger partial charge on any atom is 0.250 e. The molecule has 1 saturated heterocycles. The van der Waals surface area contributed by atoms with Gasteiger partial charge in [0.05, 0.1) is 11.3 Å². The van der Waals surface area contributed by atoms with E-state index in [9.17, 15) is 4.79 Å². The average Bonchev–Trinajstić information content (AvgIpc) is 3.05. The first-order chi connectivity index (χ1) is 12.5. The number of nitrogens with zero attached hydrogens (tertiary/aromatic N) is 2. The monoisotopic (exact) mass is 322 g/mol. The number of hydrogen-bond donors (Lipinski definition) is 2. The summed E-state index contributed by atoms with van der Waals surface area (Å²) in [5.41, 5.74) is 8.23. The summed E-state index contributed by atoms with van der Waals surface area (Å²) >= 11 is 0. The lowest BCUT2D eigenvalue weighted by atomic mass is 9.92. The number of hydrogen-bond acceptors (Lipinski definition) is 3. The van der Waals surface area contributed by atoms with Crippen molar-refractivity contribution in [1.29, 1.82) is 0 Å². The fraction of sp³-hybridized carbons (Fsp3) is 0.263. The van der Waals surface area contributed by atoms with Crippen LogP contribution < -0.4 is 11.1 Å². The van der Waals surface area contributed by atoms with Gasteiger partial charge < -0.3 is 11.1 Å². The number of nitrogens with two attached hydrogens (primary N) is 1. The molecule has 24 heavy (non-hydrogen) atoms. The highest BCUT2D eigenvalue weighted by molar-refractivity contribution is 6.04. The topological polar surface area (TPSA) is 72.9 Å². The van der Waals surface area contributed by atoms with Crippen molar-refractivity contribution in [2.75, 3.05) is 13.0 Å². The van der Waals surface area contributed by atoms with Gasteiger partial charge in [-0.25, -0.2) is 4.68 Å². The molecule has 2 aromatic carbocycles. The first-order valence-electron chi connectivity index (χ1n) is 9.09. The second-order valence-corrected chi connectivity index (χ2v) is 6.04. The van der Waals surface area contributed by atoms with E-state index in [1.165, 1.54) is 0 Å². The van der Waals surface area contributed by atoms with E-state index in [0.29, 0.717) is 17.6 Å². The lowest BCUT2D eigenvalue weighted by molar-refractivity contribution is 0.100. The van der Waals surface area contributed by atoms with E-state index in [1.54, 1.807) is 16.8 Å². The molecule has 0 bridgehead atoms. The number of fused-ring (bicyclic) bond motifs is 1. The number of piperidine rings is 1. The molecular formula is C19H20N4O. The predicted molar refractivity (Wildman–Crippen MR) is 94.4 cm³/mol. The molecule has 3 aromatic rings. The van der Waals surface area contributed by atoms with Gasteiger partial charge >= 0.3 is 0 Å². The number of primary amides is 1. The van der Waals surface area contributed by atoms with Gasteiger partial charge in [-0.05, 0) is 49.1 Å². The van der Waals surface area contributed by atoms with Crippen LogP contribution in [0.1, 0.15) is 37.4 Å². The number of aromatic nitrogens is 2. The van der Waals surface area contributed by atoms with Crippen molar-refractivity contribution < 1.29 is 7.54 Å². The van der Waals surface area contributed by atoms with Crippen LogP contribution in [0.5, 0.6) is 0 Å². The molecule has 1 amide bonds. The number of benzene rings is 2. The van der Waals surface area contributed by atoms with Crippen LogP contribution in [0.25, 0.3) is 16.6 Å². The Hall–Kier alpha value is -2.66. The van der Waals surface area contributed by atoms with Gasteiger partial charge in [0, 0.05) is 20.8 Å². The Kier molecular flexibility index (Phi) is 3.23. The molecule has 1 aliphatic rings. The summed E-state index contributed by atoms with van der Waals surface area (Å²) in [4.78, 5) is 11.6. The Morgan fingerprint density at radius 3 is 2.88 bits per heavy atom. The fourth-order valence-electron chi connectivity index (χ4n) is 3.15. The van der Waals surface area contributed by atoms with Crippen LogP contribution in [0.4, 0.5) is 0 Å². The van der Waals surface area contributed by atoms with Gasteiger partial charge in [-0.3, -0.25) is 4.79 Å². The number of amides is 1. The highest BCUT2D eigenvalue weighted by Gasteiger charge is 2.15. The summed E-state index contributed by atoms with van der Waals surface area (Å²) in [5.74, 6) is -0.660. The molecule has 4 rings (SSSR count). The predicted octanol–water partition coefficient (Wildman–Crippen LogP) is 2.59. The lowest BCUT2D eigenvalue weighted by Gasteiger charge is -2.23. The van der Waals surface area contributed by atoms with Gasteiger partial charge in [0.2, 0.25) is 0 Å². The van der Waals surface area contributed by atoms with Gasteiger partial charge in [-0.1, -0.05) is 24.3 Å². The van der Waals surface area contributed by atoms with Gasteiger partial charge in [0.25, 0.3) is 5.91 Å². The molecule has 1 atom stereocenters. The van der Waals surface area contributed by atoms with E-state index in [1.807, 2.05) is 36.5 Å². The molecule has 1 aliphatic heterocycles. The van der Waals surface area contributed by atoms with E-state index < -0.39 is 12.4 Å². The van der Waals surface area contributed by atoms with Crippen molar-refractivity contribution in [3.8, 4) is 5.69 Å². The summed E-state index contributed by atoms with van der Waals surface area (Å²) in [6.45, 7) is -0.680. The highest BCUT2D eigenvalue weighted by Crippen LogP contribution is 2.25. The summed E-state index contributed by atoms with van der Waals surface area (Å²) in [7, 11) is 0. The molecule has 5 heteroatoms. The van der Waals surface area contributed by atoms with Crippen molar-refractivity contribution in [3.05, 3.63) is 59.8 Å². The van der Waals surface area contributed by atoms with Gasteiger partial charge in [0.1, 0.15) is 5.52 Å². The summed E-state index contributed by atoms with van der Waals surface area (Å²) in [5, 5.41) is 8.31. The summed E-state index contributed by atoms with van der Waals surface area (Å²) in [6.07, 6.45) is 3.65. The number of rotatable bonds is 3. The largest absolute Gasteiger partial charge is 0.366 e. The van der Waals surface area contributed by atoms with Crippen LogP contribution in [-0.4, -0.2) is 28.7 Å². The third kappa shape index (κ3) is 2.67. The zero-order chi connectivity index (χ0) is 18.3. The Balaban J connectivity index is 1.68. The van der Waals surface area contributed by atoms with Crippen LogP contribution in [0.15, 0.2) is 48.7 Å². The molecule has 1 aromatic heterocycles. The normalized spacial score (nSPS) is 21.2. The third-order valence-corrected chi connectivity index (χ3v) is 4.43. The SMILES string of the molecule is [2H]C1([2H])NCCCC1c1ccc(-n2cc3cccc(C(N)=O)c3n2)cc1. The quantitative estimate of drug-likeness (QED) is 0.778. The molecule has 3 N–H and O–H groups in total. The minimum atomic E-state index is -1.39. The molecule has 0 radical (unpaired) electrons. The molecule has 0 saturated carbocycles. The molecule has 0 spiro atoms. The Morgan fingerprint density at radius 1 is 1.29 bits per heavy atom. The van der Waals surface area contributed by atoms with E-state index in [0.717, 1.165) is 29.5 Å². The van der Waals surface area contributed by atoms with E-state index in [-0.39, 0.29) is 5.92 Å². The molecule has 2 heterocycles. The highest BCUT2D eigenvalue weighted by atomic mass is 16.1. The Bertz CT molecular complexity index is 965. The first-order valence-corrected chi connectivity index (χ1v) is 8.09. The van der Waals surface area contributed by atoms with Gasteiger partial charge in [-0.15, -0.1) is 0 Å². The van der Waals surface area contributed by atoms with E-state index in [2.05, 4.69) is 10.4 Å². The smallest absolute Gasteiger partial charge is 0.250 e. The summed E-state index contributed by atoms with van der Waals surface area (Å²) < 4.78 is 18.1. The number of carbonyl (C=O) groups excluding carboxylic acids is 1. The molecule has 0 aliphatic carbocycles. The third-order valence-electron chi connectivity index (χ3n) is 4.43. The number of carbonyl (C=O) groups is 1. The minimum absolute atomic E-state index is 0.163. The minimum Gasteiger partial charge on any atom is -0.366 e. The second-order valence-electron chi connectivity index (χ2n) is 6.04. The van der Waals surface area contributed by atoms with Crippen molar-refractivity contribution in [2.45, 2.75) is 18.8 Å². The maximum atomic E-state index is 11.6. The van der Waals surface area contributed by atoms with E-state index >= 15 is 0 Å². The number of nitrogens with one attached hydrogen (secondary N) is 1. The molecule has 1 fully saturated rings. The van der Waals surface area contributed by atoms with Crippen LogP contribution in [0, 0.1) is 0 Å². The fourth-order valence-corrected chi connectivity index (χ4v) is 3.15. The van der Waals surface area contributed by atoms with Crippen LogP contribution in [-0.2, 0) is 0 Å². The van der Waals surface area contributed by atoms with Gasteiger partial charge in [0.15, 0.2) is 0 Å². The van der Waals surface area contributed by atoms with Crippen LogP contribution in [0.3, 0.4) is 0 Å². The van der Waals surface area contributed by atoms with E-state index in [4.69, 9.17) is 8.48 Å². The van der Waals surface area contributed by atoms with Gasteiger partial charge in [-0.2, -0.15) is 5.10 Å². The van der Waals surface area contributed by atoms with Crippen molar-refractivity contribution in [1.82, 2.24) is 15.1 Å². The Labute approximate surface area is 143 Å². The lowest BCUT2D eigenvalue weighted by Crippen LogP contribution is -2.28. The second kappa shape index (κ2) is 6.09. The van der Waals surface area contributed by atoms with Crippen molar-refractivity contribution >= 4 is 16.8 Å². The molecule has 122 valence electrons. The van der Waals surface area contributed by atoms with Crippen molar-refractivity contribution in [3.63, 3.8) is 0 Å².